The van der Waals surface area contributed by atoms with Crippen LogP contribution in [0.15, 0.2) is 0 Å². The molecule has 2 heteroatoms. The zero-order chi connectivity index (χ0) is 12.2. The molecule has 0 radical (unpaired) electrons. The van der Waals surface area contributed by atoms with E-state index in [4.69, 9.17) is 0 Å². The van der Waals surface area contributed by atoms with E-state index in [1.54, 1.807) is 0 Å². The third kappa shape index (κ3) is 4.42. The summed E-state index contributed by atoms with van der Waals surface area (Å²) in [6.07, 6.45) is 5.42. The van der Waals surface area contributed by atoms with Crippen LogP contribution in [0.5, 0.6) is 0 Å². The highest BCUT2D eigenvalue weighted by Gasteiger charge is 2.33. The quantitative estimate of drug-likeness (QED) is 0.725. The Morgan fingerprint density at radius 3 is 2.56 bits per heavy atom. The molecule has 1 saturated carbocycles. The fourth-order valence-corrected chi connectivity index (χ4v) is 3.32. The molecule has 1 aliphatic rings. The Hall–Kier alpha value is -0.0800. The summed E-state index contributed by atoms with van der Waals surface area (Å²) >= 11 is 0. The molecule has 2 nitrogen and oxygen atoms in total. The van der Waals surface area contributed by atoms with Crippen molar-refractivity contribution in [3.63, 3.8) is 0 Å². The molecular formula is C14H30N2. The Kier molecular flexibility index (Phi) is 5.26. The molecule has 0 heterocycles. The highest BCUT2D eigenvalue weighted by atomic mass is 15.1. The van der Waals surface area contributed by atoms with E-state index in [0.717, 1.165) is 18.5 Å². The van der Waals surface area contributed by atoms with E-state index in [-0.39, 0.29) is 0 Å². The smallest absolute Gasteiger partial charge is 0.00998 e. The zero-order valence-corrected chi connectivity index (χ0v) is 11.8. The maximum absolute atomic E-state index is 3.22. The summed E-state index contributed by atoms with van der Waals surface area (Å²) in [7, 11) is 4.33. The standard InChI is InChI=1S/C14H30N2/c1-12-9-13(11-14(2,3)10-12)16(5)8-6-7-15-4/h12-13,15H,6-11H2,1-5H3. The Morgan fingerprint density at radius 1 is 1.31 bits per heavy atom. The molecule has 0 aromatic heterocycles. The lowest BCUT2D eigenvalue weighted by Gasteiger charge is -2.42. The predicted molar refractivity (Wildman–Crippen MR) is 71.8 cm³/mol. The van der Waals surface area contributed by atoms with Gasteiger partial charge in [-0.3, -0.25) is 0 Å². The molecule has 1 rings (SSSR count). The molecule has 16 heavy (non-hydrogen) atoms. The second-order valence-corrected chi connectivity index (χ2v) is 6.50. The minimum atomic E-state index is 0.541. The van der Waals surface area contributed by atoms with Crippen LogP contribution in [0.25, 0.3) is 0 Å². The lowest BCUT2D eigenvalue weighted by atomic mass is 9.70. The Morgan fingerprint density at radius 2 is 2.00 bits per heavy atom. The number of hydrogen-bond donors (Lipinski definition) is 1. The van der Waals surface area contributed by atoms with E-state index < -0.39 is 0 Å². The van der Waals surface area contributed by atoms with Crippen molar-refractivity contribution in [2.45, 2.75) is 52.5 Å². The topological polar surface area (TPSA) is 15.3 Å². The SMILES string of the molecule is CNCCCN(C)C1CC(C)CC(C)(C)C1. The number of rotatable bonds is 5. The molecule has 0 aromatic rings. The Balaban J connectivity index is 2.39. The van der Waals surface area contributed by atoms with Crippen LogP contribution in [0.4, 0.5) is 0 Å². The second-order valence-electron chi connectivity index (χ2n) is 6.50. The van der Waals surface area contributed by atoms with Crippen LogP contribution in [0.3, 0.4) is 0 Å². The van der Waals surface area contributed by atoms with Crippen LogP contribution in [-0.2, 0) is 0 Å². The maximum Gasteiger partial charge on any atom is 0.00998 e. The van der Waals surface area contributed by atoms with Gasteiger partial charge in [0.15, 0.2) is 0 Å². The van der Waals surface area contributed by atoms with Crippen LogP contribution >= 0.6 is 0 Å². The molecule has 0 amide bonds. The number of nitrogens with zero attached hydrogens (tertiary/aromatic N) is 1. The summed E-state index contributed by atoms with van der Waals surface area (Å²) in [6.45, 7) is 9.63. The van der Waals surface area contributed by atoms with Gasteiger partial charge in [0.25, 0.3) is 0 Å². The molecule has 2 unspecified atom stereocenters. The molecule has 1 N–H and O–H groups in total. The molecule has 1 fully saturated rings. The monoisotopic (exact) mass is 226 g/mol. The van der Waals surface area contributed by atoms with Gasteiger partial charge in [0.05, 0.1) is 0 Å². The van der Waals surface area contributed by atoms with Gasteiger partial charge in [-0.15, -0.1) is 0 Å². The molecule has 0 aromatic carbocycles. The van der Waals surface area contributed by atoms with Gasteiger partial charge < -0.3 is 10.2 Å². The fraction of sp³-hybridized carbons (Fsp3) is 1.00. The molecule has 0 saturated heterocycles. The highest BCUT2D eigenvalue weighted by molar-refractivity contribution is 4.87. The third-order valence-corrected chi connectivity index (χ3v) is 3.92. The van der Waals surface area contributed by atoms with Crippen molar-refractivity contribution >= 4 is 0 Å². The lowest BCUT2D eigenvalue weighted by Crippen LogP contribution is -2.42. The van der Waals surface area contributed by atoms with Crippen molar-refractivity contribution in [1.82, 2.24) is 10.2 Å². The zero-order valence-electron chi connectivity index (χ0n) is 11.8. The van der Waals surface area contributed by atoms with Crippen molar-refractivity contribution in [3.05, 3.63) is 0 Å². The largest absolute Gasteiger partial charge is 0.320 e. The van der Waals surface area contributed by atoms with Crippen molar-refractivity contribution in [3.8, 4) is 0 Å². The first-order valence-electron chi connectivity index (χ1n) is 6.79. The average Bonchev–Trinajstić information content (AvgIpc) is 2.14. The first-order chi connectivity index (χ1) is 7.44. The van der Waals surface area contributed by atoms with Gasteiger partial charge in [0, 0.05) is 6.04 Å². The molecule has 0 bridgehead atoms. The van der Waals surface area contributed by atoms with Gasteiger partial charge in [-0.2, -0.15) is 0 Å². The van der Waals surface area contributed by atoms with Crippen molar-refractivity contribution in [2.75, 3.05) is 27.2 Å². The molecule has 2 atom stereocenters. The van der Waals surface area contributed by atoms with E-state index in [0.29, 0.717) is 5.41 Å². The molecule has 1 aliphatic carbocycles. The highest BCUT2D eigenvalue weighted by Crippen LogP contribution is 2.40. The number of nitrogens with one attached hydrogen (secondary N) is 1. The summed E-state index contributed by atoms with van der Waals surface area (Å²) in [5, 5.41) is 3.22. The molecular weight excluding hydrogens is 196 g/mol. The van der Waals surface area contributed by atoms with Gasteiger partial charge in [-0.1, -0.05) is 20.8 Å². The number of hydrogen-bond acceptors (Lipinski definition) is 2. The van der Waals surface area contributed by atoms with E-state index in [1.807, 2.05) is 7.05 Å². The summed E-state index contributed by atoms with van der Waals surface area (Å²) < 4.78 is 0. The third-order valence-electron chi connectivity index (χ3n) is 3.92. The second kappa shape index (κ2) is 6.02. The van der Waals surface area contributed by atoms with Crippen LogP contribution in [0, 0.1) is 11.3 Å². The first kappa shape index (κ1) is 14.0. The summed E-state index contributed by atoms with van der Waals surface area (Å²) in [4.78, 5) is 2.58. The molecule has 96 valence electrons. The van der Waals surface area contributed by atoms with Crippen LogP contribution in [0.2, 0.25) is 0 Å². The maximum atomic E-state index is 3.22. The first-order valence-corrected chi connectivity index (χ1v) is 6.79. The van der Waals surface area contributed by atoms with Gasteiger partial charge in [-0.25, -0.2) is 0 Å². The fourth-order valence-electron chi connectivity index (χ4n) is 3.32. The average molecular weight is 226 g/mol. The van der Waals surface area contributed by atoms with Crippen LogP contribution < -0.4 is 5.32 Å². The van der Waals surface area contributed by atoms with Gasteiger partial charge >= 0.3 is 0 Å². The van der Waals surface area contributed by atoms with Gasteiger partial charge in [-0.05, 0) is 64.2 Å². The molecule has 0 aliphatic heterocycles. The van der Waals surface area contributed by atoms with E-state index in [9.17, 15) is 0 Å². The van der Waals surface area contributed by atoms with E-state index in [2.05, 4.69) is 38.0 Å². The van der Waals surface area contributed by atoms with Crippen LogP contribution in [0.1, 0.15) is 46.5 Å². The summed E-state index contributed by atoms with van der Waals surface area (Å²) in [5.74, 6) is 0.889. The van der Waals surface area contributed by atoms with Crippen molar-refractivity contribution in [1.29, 1.82) is 0 Å². The van der Waals surface area contributed by atoms with Gasteiger partial charge in [0.2, 0.25) is 0 Å². The van der Waals surface area contributed by atoms with Gasteiger partial charge in [0.1, 0.15) is 0 Å². The Bertz CT molecular complexity index is 201. The molecule has 0 spiro atoms. The van der Waals surface area contributed by atoms with Crippen LogP contribution in [-0.4, -0.2) is 38.1 Å². The van der Waals surface area contributed by atoms with E-state index in [1.165, 1.54) is 32.2 Å². The normalized spacial score (nSPS) is 29.6. The van der Waals surface area contributed by atoms with Crippen molar-refractivity contribution < 1.29 is 0 Å². The lowest BCUT2D eigenvalue weighted by molar-refractivity contribution is 0.0824. The Labute approximate surface area is 102 Å². The summed E-state index contributed by atoms with van der Waals surface area (Å²) in [6, 6.07) is 0.801. The predicted octanol–water partition coefficient (Wildman–Crippen LogP) is 2.74. The minimum Gasteiger partial charge on any atom is -0.320 e. The summed E-state index contributed by atoms with van der Waals surface area (Å²) in [5.41, 5.74) is 0.541. The van der Waals surface area contributed by atoms with Crippen molar-refractivity contribution in [2.24, 2.45) is 11.3 Å². The minimum absolute atomic E-state index is 0.541. The van der Waals surface area contributed by atoms with E-state index >= 15 is 0 Å².